The number of hydrogen-bond donors (Lipinski definition) is 6. The molecular formula is C31H41N9O8S2. The number of unbranched alkanes of at least 4 members (excludes halogenated alkanes) is 2. The van der Waals surface area contributed by atoms with Crippen LogP contribution in [0, 0.1) is 11.8 Å². The van der Waals surface area contributed by atoms with Crippen molar-refractivity contribution in [2.24, 2.45) is 11.8 Å². The van der Waals surface area contributed by atoms with Gasteiger partial charge in [0.1, 0.15) is 11.8 Å². The molecule has 17 nitrogen and oxygen atoms in total. The van der Waals surface area contributed by atoms with Crippen molar-refractivity contribution in [1.82, 2.24) is 40.8 Å². The van der Waals surface area contributed by atoms with Gasteiger partial charge in [-0.2, -0.15) is 23.5 Å². The van der Waals surface area contributed by atoms with Gasteiger partial charge in [-0.3, -0.25) is 14.2 Å². The number of thioether (sulfide) groups is 2. The van der Waals surface area contributed by atoms with Gasteiger partial charge in [0.15, 0.2) is 29.6 Å². The van der Waals surface area contributed by atoms with E-state index in [0.717, 1.165) is 37.2 Å². The lowest BCUT2D eigenvalue weighted by Gasteiger charge is -2.25. The lowest BCUT2D eigenvalue weighted by Crippen LogP contribution is -2.36. The van der Waals surface area contributed by atoms with Crippen LogP contribution in [0.5, 0.6) is 0 Å². The molecule has 5 saturated heterocycles. The summed E-state index contributed by atoms with van der Waals surface area (Å²) in [6, 6.07) is 0.316. The van der Waals surface area contributed by atoms with Gasteiger partial charge < -0.3 is 46.3 Å². The highest BCUT2D eigenvalue weighted by atomic mass is 32.2. The molecule has 7 N–H and O–H groups in total. The largest absolute Gasteiger partial charge is 0.465 e. The van der Waals surface area contributed by atoms with E-state index in [4.69, 9.17) is 19.9 Å². The number of carbonyl (C=O) groups excluding carboxylic acids is 4. The Labute approximate surface area is 295 Å². The number of esters is 2. The van der Waals surface area contributed by atoms with E-state index >= 15 is 0 Å². The zero-order valence-corrected chi connectivity index (χ0v) is 28.8. The highest BCUT2D eigenvalue weighted by molar-refractivity contribution is 8.00. The number of fused-ring (bicyclic) bond motifs is 4. The molecule has 2 aromatic heterocycles. The predicted molar refractivity (Wildman–Crippen MR) is 181 cm³/mol. The SMILES string of the molecule is Nc1ncnc2c1ncn2[C@@H]1OC2(O)C(COC(=O)CCCC[C@@H]3SC[C@@H]4NC(=O)N[C@@H]43)C2C1OC(=O)CCCC[C@@H]1SC[C@@H]2NC(=O)N[C@@H]21. The van der Waals surface area contributed by atoms with Crippen LogP contribution in [0.15, 0.2) is 12.7 Å². The Morgan fingerprint density at radius 2 is 1.58 bits per heavy atom. The topological polar surface area (TPSA) is 234 Å². The van der Waals surface area contributed by atoms with Crippen molar-refractivity contribution in [2.45, 2.75) is 104 Å². The fourth-order valence-corrected chi connectivity index (χ4v) is 11.2. The van der Waals surface area contributed by atoms with Gasteiger partial charge >= 0.3 is 24.0 Å². The maximum absolute atomic E-state index is 13.2. The van der Waals surface area contributed by atoms with Crippen molar-refractivity contribution < 1.29 is 38.5 Å². The normalized spacial score (nSPS) is 36.3. The highest BCUT2D eigenvalue weighted by Crippen LogP contribution is 2.63. The quantitative estimate of drug-likeness (QED) is 0.0896. The zero-order valence-electron chi connectivity index (χ0n) is 27.2. The lowest BCUT2D eigenvalue weighted by atomic mass is 10.0. The molecule has 6 fully saturated rings. The van der Waals surface area contributed by atoms with Crippen molar-refractivity contribution in [3.63, 3.8) is 0 Å². The number of rotatable bonds is 14. The molecule has 7 heterocycles. The number of nitrogens with zero attached hydrogens (tertiary/aromatic N) is 4. The minimum absolute atomic E-state index is 0.0763. The van der Waals surface area contributed by atoms with E-state index in [2.05, 4.69) is 36.2 Å². The monoisotopic (exact) mass is 731 g/mol. The number of aromatic nitrogens is 4. The minimum Gasteiger partial charge on any atom is -0.465 e. The van der Waals surface area contributed by atoms with Gasteiger partial charge in [-0.25, -0.2) is 24.5 Å². The Hall–Kier alpha value is -3.55. The molecule has 6 aliphatic rings. The van der Waals surface area contributed by atoms with E-state index in [1.165, 1.54) is 12.7 Å². The molecule has 2 aromatic rings. The first-order valence-electron chi connectivity index (χ1n) is 17.2. The third-order valence-electron chi connectivity index (χ3n) is 10.7. The average molecular weight is 732 g/mol. The summed E-state index contributed by atoms with van der Waals surface area (Å²) < 4.78 is 19.3. The van der Waals surface area contributed by atoms with Crippen LogP contribution in [0.1, 0.15) is 57.6 Å². The number of hydrogen-bond acceptors (Lipinski definition) is 14. The van der Waals surface area contributed by atoms with Gasteiger partial charge in [0.2, 0.25) is 0 Å². The number of ether oxygens (including phenoxy) is 3. The molecule has 19 heteroatoms. The Balaban J connectivity index is 0.843. The predicted octanol–water partition coefficient (Wildman–Crippen LogP) is 0.779. The molecule has 0 bridgehead atoms. The molecular weight excluding hydrogens is 691 g/mol. The maximum Gasteiger partial charge on any atom is 0.315 e. The van der Waals surface area contributed by atoms with Gasteiger partial charge in [-0.15, -0.1) is 0 Å². The second-order valence-corrected chi connectivity index (χ2v) is 16.4. The third-order valence-corrected chi connectivity index (χ3v) is 13.8. The molecule has 1 saturated carbocycles. The maximum atomic E-state index is 13.2. The fraction of sp³-hybridized carbons (Fsp3) is 0.710. The molecule has 4 unspecified atom stereocenters. The van der Waals surface area contributed by atoms with Crippen molar-refractivity contribution in [2.75, 3.05) is 23.8 Å². The van der Waals surface area contributed by atoms with Crippen LogP contribution in [-0.2, 0) is 23.8 Å². The Morgan fingerprint density at radius 1 is 0.940 bits per heavy atom. The van der Waals surface area contributed by atoms with Gasteiger partial charge in [0.25, 0.3) is 0 Å². The summed E-state index contributed by atoms with van der Waals surface area (Å²) in [4.78, 5) is 61.8. The smallest absolute Gasteiger partial charge is 0.315 e. The van der Waals surface area contributed by atoms with E-state index in [-0.39, 0.29) is 67.5 Å². The van der Waals surface area contributed by atoms with Crippen LogP contribution in [0.3, 0.4) is 0 Å². The number of nitrogens with one attached hydrogen (secondary N) is 4. The number of imidazole rings is 1. The van der Waals surface area contributed by atoms with E-state index in [9.17, 15) is 24.3 Å². The molecule has 0 aromatic carbocycles. The fourth-order valence-electron chi connectivity index (χ4n) is 8.12. The standard InChI is InChI=1S/C31H41N9O8S2/c32-26-24-27(34-12-33-26)40(13-35-24)28-25(47-20(42)8-4-2-6-18-23-16(11-50-18)37-30(44)39-23)21-14(31(21,45)48-28)9-46-19(41)7-3-1-5-17-22-15(10-49-17)36-29(43)38-22/h12-18,21-23,25,28,45H,1-11H2,(H2,32,33,34)(H2,36,38,43)(H2,37,39,44)/t14?,15-,16-,17-,18-,21?,22-,23-,25?,28+,31?/m0/s1. The zero-order chi connectivity index (χ0) is 34.6. The van der Waals surface area contributed by atoms with Crippen LogP contribution in [0.2, 0.25) is 0 Å². The number of urea groups is 2. The summed E-state index contributed by atoms with van der Waals surface area (Å²) in [6.45, 7) is -0.0763. The molecule has 11 atom stereocenters. The van der Waals surface area contributed by atoms with E-state index in [1.807, 2.05) is 23.5 Å². The molecule has 270 valence electrons. The van der Waals surface area contributed by atoms with Gasteiger partial charge in [-0.05, 0) is 25.7 Å². The molecule has 0 radical (unpaired) electrons. The van der Waals surface area contributed by atoms with Crippen LogP contribution in [0.4, 0.5) is 15.4 Å². The Kier molecular flexibility index (Phi) is 9.09. The number of nitrogen functional groups attached to an aromatic ring is 1. The number of nitrogens with two attached hydrogens (primary N) is 1. The van der Waals surface area contributed by atoms with Crippen LogP contribution in [0.25, 0.3) is 11.2 Å². The molecule has 1 aliphatic carbocycles. The van der Waals surface area contributed by atoms with Crippen LogP contribution >= 0.6 is 23.5 Å². The molecule has 5 aliphatic heterocycles. The summed E-state index contributed by atoms with van der Waals surface area (Å²) in [5.74, 6) is -1.74. The molecule has 0 spiro atoms. The first kappa shape index (κ1) is 33.6. The number of amides is 4. The minimum atomic E-state index is -1.67. The first-order chi connectivity index (χ1) is 24.2. The van der Waals surface area contributed by atoms with Crippen molar-refractivity contribution in [3.05, 3.63) is 12.7 Å². The summed E-state index contributed by atoms with van der Waals surface area (Å²) in [6.07, 6.45) is 5.98. The van der Waals surface area contributed by atoms with Crippen LogP contribution < -0.4 is 27.0 Å². The summed E-state index contributed by atoms with van der Waals surface area (Å²) in [5, 5.41) is 24.0. The summed E-state index contributed by atoms with van der Waals surface area (Å²) >= 11 is 3.67. The molecule has 4 amide bonds. The first-order valence-corrected chi connectivity index (χ1v) is 19.3. The molecule has 8 rings (SSSR count). The van der Waals surface area contributed by atoms with Gasteiger partial charge in [0.05, 0.1) is 48.9 Å². The second-order valence-electron chi connectivity index (χ2n) is 13.8. The number of aliphatic hydroxyl groups is 1. The van der Waals surface area contributed by atoms with E-state index < -0.39 is 35.9 Å². The number of carbonyl (C=O) groups is 4. The Bertz CT molecular complexity index is 1670. The highest BCUT2D eigenvalue weighted by Gasteiger charge is 2.77. The lowest BCUT2D eigenvalue weighted by molar-refractivity contribution is -0.193. The van der Waals surface area contributed by atoms with Crippen molar-refractivity contribution >= 4 is 64.5 Å². The van der Waals surface area contributed by atoms with E-state index in [1.54, 1.807) is 4.57 Å². The number of anilines is 1. The van der Waals surface area contributed by atoms with E-state index in [0.29, 0.717) is 34.5 Å². The summed E-state index contributed by atoms with van der Waals surface area (Å²) in [5.41, 5.74) is 6.72. The Morgan fingerprint density at radius 3 is 2.24 bits per heavy atom. The summed E-state index contributed by atoms with van der Waals surface area (Å²) in [7, 11) is 0. The third kappa shape index (κ3) is 6.30. The van der Waals surface area contributed by atoms with Crippen molar-refractivity contribution in [1.29, 1.82) is 0 Å². The van der Waals surface area contributed by atoms with Gasteiger partial charge in [0, 0.05) is 34.8 Å². The average Bonchev–Trinajstić information content (AvgIpc) is 3.80. The van der Waals surface area contributed by atoms with Gasteiger partial charge in [-0.1, -0.05) is 12.8 Å². The van der Waals surface area contributed by atoms with Crippen molar-refractivity contribution in [3.8, 4) is 0 Å². The van der Waals surface area contributed by atoms with Crippen LogP contribution in [-0.4, -0.2) is 113 Å². The molecule has 50 heavy (non-hydrogen) atoms. The second kappa shape index (κ2) is 13.5.